The van der Waals surface area contributed by atoms with Crippen molar-refractivity contribution in [2.75, 3.05) is 0 Å². The lowest BCUT2D eigenvalue weighted by molar-refractivity contribution is -0.150. The smallest absolute Gasteiger partial charge is 0.338 e. The van der Waals surface area contributed by atoms with Crippen molar-refractivity contribution in [2.45, 2.75) is 38.4 Å². The van der Waals surface area contributed by atoms with Crippen LogP contribution in [0, 0.1) is 0 Å². The van der Waals surface area contributed by atoms with Gasteiger partial charge in [-0.2, -0.15) is 0 Å². The van der Waals surface area contributed by atoms with Gasteiger partial charge in [0.25, 0.3) is 0 Å². The minimum absolute atomic E-state index is 0.313. The highest BCUT2D eigenvalue weighted by atomic mass is 16.6. The first kappa shape index (κ1) is 15.7. The zero-order valence-electron chi connectivity index (χ0n) is 13.1. The molecule has 0 spiro atoms. The zero-order valence-corrected chi connectivity index (χ0v) is 13.1. The first-order valence-electron chi connectivity index (χ1n) is 7.75. The fraction of sp³-hybridized carbons (Fsp3) is 0.316. The number of rotatable bonds is 6. The number of carbonyl (C=O) groups is 1. The molecule has 0 radical (unpaired) electrons. The van der Waals surface area contributed by atoms with Gasteiger partial charge in [0.15, 0.2) is 6.10 Å². The van der Waals surface area contributed by atoms with Gasteiger partial charge in [0.05, 0.1) is 13.2 Å². The Morgan fingerprint density at radius 1 is 0.870 bits per heavy atom. The van der Waals surface area contributed by atoms with E-state index in [1.807, 2.05) is 67.6 Å². The highest BCUT2D eigenvalue weighted by molar-refractivity contribution is 5.78. The predicted molar refractivity (Wildman–Crippen MR) is 85.6 cm³/mol. The van der Waals surface area contributed by atoms with E-state index < -0.39 is 12.2 Å². The summed E-state index contributed by atoms with van der Waals surface area (Å²) in [4.78, 5) is 12.0. The fourth-order valence-electron chi connectivity index (χ4n) is 2.61. The molecular formula is C19H20O4. The van der Waals surface area contributed by atoms with Crippen LogP contribution in [0.3, 0.4) is 0 Å². The van der Waals surface area contributed by atoms with Crippen molar-refractivity contribution in [1.29, 1.82) is 0 Å². The molecule has 2 aromatic rings. The number of hydrogen-bond acceptors (Lipinski definition) is 4. The summed E-state index contributed by atoms with van der Waals surface area (Å²) in [6.07, 6.45) is -1.40. The number of esters is 1. The molecular weight excluding hydrogens is 292 g/mol. The summed E-state index contributed by atoms with van der Waals surface area (Å²) in [6, 6.07) is 19.6. The first-order chi connectivity index (χ1) is 11.2. The summed E-state index contributed by atoms with van der Waals surface area (Å²) in [5.74, 6) is -0.355. The quantitative estimate of drug-likeness (QED) is 0.769. The molecule has 4 nitrogen and oxygen atoms in total. The van der Waals surface area contributed by atoms with E-state index in [2.05, 4.69) is 0 Å². The third-order valence-corrected chi connectivity index (χ3v) is 3.85. The van der Waals surface area contributed by atoms with Crippen LogP contribution in [0.25, 0.3) is 0 Å². The molecule has 0 amide bonds. The van der Waals surface area contributed by atoms with Crippen molar-refractivity contribution in [3.05, 3.63) is 71.8 Å². The van der Waals surface area contributed by atoms with Crippen LogP contribution < -0.4 is 0 Å². The molecule has 0 bridgehead atoms. The lowest BCUT2D eigenvalue weighted by Gasteiger charge is -2.19. The number of hydrogen-bond donors (Lipinski definition) is 0. The third-order valence-electron chi connectivity index (χ3n) is 3.85. The van der Waals surface area contributed by atoms with Gasteiger partial charge < -0.3 is 14.2 Å². The van der Waals surface area contributed by atoms with Crippen molar-refractivity contribution in [1.82, 2.24) is 0 Å². The minimum atomic E-state index is -0.686. The average molecular weight is 312 g/mol. The average Bonchev–Trinajstić information content (AvgIpc) is 2.86. The van der Waals surface area contributed by atoms with Gasteiger partial charge >= 0.3 is 5.97 Å². The van der Waals surface area contributed by atoms with E-state index in [-0.39, 0.29) is 12.1 Å². The van der Waals surface area contributed by atoms with Gasteiger partial charge in [-0.3, -0.25) is 0 Å². The molecule has 0 saturated carbocycles. The van der Waals surface area contributed by atoms with Gasteiger partial charge in [-0.1, -0.05) is 60.7 Å². The number of cyclic esters (lactones) is 1. The Morgan fingerprint density at radius 2 is 1.39 bits per heavy atom. The van der Waals surface area contributed by atoms with Gasteiger partial charge in [0.2, 0.25) is 0 Å². The Kier molecular flexibility index (Phi) is 5.05. The van der Waals surface area contributed by atoms with Crippen LogP contribution in [-0.2, 0) is 32.2 Å². The van der Waals surface area contributed by atoms with Crippen LogP contribution in [-0.4, -0.2) is 24.3 Å². The Bertz CT molecular complexity index is 626. The number of carbonyl (C=O) groups excluding carboxylic acids is 1. The molecule has 2 aromatic carbocycles. The second-order valence-corrected chi connectivity index (χ2v) is 5.62. The Morgan fingerprint density at radius 3 is 1.96 bits per heavy atom. The SMILES string of the molecule is CC1OC(=O)[C@H](OCc2ccccc2)[C@@H]1OCc1ccccc1. The maximum atomic E-state index is 12.0. The van der Waals surface area contributed by atoms with E-state index in [0.717, 1.165) is 11.1 Å². The maximum Gasteiger partial charge on any atom is 0.338 e. The summed E-state index contributed by atoms with van der Waals surface area (Å²) < 4.78 is 16.9. The van der Waals surface area contributed by atoms with Gasteiger partial charge in [0.1, 0.15) is 12.2 Å². The predicted octanol–water partition coefficient (Wildman–Crippen LogP) is 3.10. The second kappa shape index (κ2) is 7.40. The minimum Gasteiger partial charge on any atom is -0.458 e. The summed E-state index contributed by atoms with van der Waals surface area (Å²) >= 11 is 0. The van der Waals surface area contributed by atoms with E-state index in [1.54, 1.807) is 0 Å². The monoisotopic (exact) mass is 312 g/mol. The van der Waals surface area contributed by atoms with E-state index in [1.165, 1.54) is 0 Å². The van der Waals surface area contributed by atoms with E-state index in [4.69, 9.17) is 14.2 Å². The molecule has 4 heteroatoms. The van der Waals surface area contributed by atoms with E-state index in [0.29, 0.717) is 13.2 Å². The van der Waals surface area contributed by atoms with Crippen LogP contribution in [0.2, 0.25) is 0 Å². The summed E-state index contributed by atoms with van der Waals surface area (Å²) in [6.45, 7) is 2.62. The molecule has 0 aromatic heterocycles. The molecule has 23 heavy (non-hydrogen) atoms. The third kappa shape index (κ3) is 3.97. The van der Waals surface area contributed by atoms with Gasteiger partial charge in [-0.05, 0) is 18.1 Å². The van der Waals surface area contributed by atoms with Crippen LogP contribution in [0.15, 0.2) is 60.7 Å². The Balaban J connectivity index is 1.61. The van der Waals surface area contributed by atoms with Gasteiger partial charge in [-0.15, -0.1) is 0 Å². The van der Waals surface area contributed by atoms with E-state index >= 15 is 0 Å². The summed E-state index contributed by atoms with van der Waals surface area (Å²) in [5, 5.41) is 0. The lowest BCUT2D eigenvalue weighted by Crippen LogP contribution is -2.35. The molecule has 3 rings (SSSR count). The molecule has 0 aliphatic carbocycles. The lowest BCUT2D eigenvalue weighted by atomic mass is 10.1. The van der Waals surface area contributed by atoms with Crippen molar-refractivity contribution >= 4 is 5.97 Å². The topological polar surface area (TPSA) is 44.8 Å². The normalized spacial score (nSPS) is 23.7. The first-order valence-corrected chi connectivity index (χ1v) is 7.75. The van der Waals surface area contributed by atoms with Crippen molar-refractivity contribution in [3.8, 4) is 0 Å². The van der Waals surface area contributed by atoms with Crippen LogP contribution >= 0.6 is 0 Å². The Labute approximate surface area is 136 Å². The van der Waals surface area contributed by atoms with Crippen molar-refractivity contribution in [3.63, 3.8) is 0 Å². The second-order valence-electron chi connectivity index (χ2n) is 5.62. The fourth-order valence-corrected chi connectivity index (χ4v) is 2.61. The highest BCUT2D eigenvalue weighted by Gasteiger charge is 2.44. The standard InChI is InChI=1S/C19H20O4/c1-14-17(21-12-15-8-4-2-5-9-15)18(19(20)23-14)22-13-16-10-6-3-7-11-16/h2-11,14,17-18H,12-13H2,1H3/t14?,17-,18-/m1/s1. The van der Waals surface area contributed by atoms with Gasteiger partial charge in [-0.25, -0.2) is 4.79 Å². The molecule has 1 heterocycles. The van der Waals surface area contributed by atoms with Crippen LogP contribution in [0.4, 0.5) is 0 Å². The summed E-state index contributed by atoms with van der Waals surface area (Å²) in [5.41, 5.74) is 2.07. The van der Waals surface area contributed by atoms with Crippen molar-refractivity contribution < 1.29 is 19.0 Å². The van der Waals surface area contributed by atoms with Crippen LogP contribution in [0.1, 0.15) is 18.1 Å². The molecule has 1 saturated heterocycles. The molecule has 0 N–H and O–H groups in total. The molecule has 3 atom stereocenters. The molecule has 1 fully saturated rings. The van der Waals surface area contributed by atoms with Crippen molar-refractivity contribution in [2.24, 2.45) is 0 Å². The van der Waals surface area contributed by atoms with Crippen LogP contribution in [0.5, 0.6) is 0 Å². The zero-order chi connectivity index (χ0) is 16.1. The summed E-state index contributed by atoms with van der Waals surface area (Å²) in [7, 11) is 0. The molecule has 1 unspecified atom stereocenters. The molecule has 120 valence electrons. The van der Waals surface area contributed by atoms with Gasteiger partial charge in [0, 0.05) is 0 Å². The maximum absolute atomic E-state index is 12.0. The molecule has 1 aliphatic heterocycles. The largest absolute Gasteiger partial charge is 0.458 e. The van der Waals surface area contributed by atoms with E-state index in [9.17, 15) is 4.79 Å². The number of ether oxygens (including phenoxy) is 3. The molecule has 1 aliphatic rings. The number of benzene rings is 2. The highest BCUT2D eigenvalue weighted by Crippen LogP contribution is 2.24. The Hall–Kier alpha value is -2.17.